The molecular weight excluding hydrogens is 394 g/mol. The van der Waals surface area contributed by atoms with Crippen LogP contribution in [0.5, 0.6) is 5.75 Å². The molecule has 0 saturated carbocycles. The second-order valence-electron chi connectivity index (χ2n) is 7.94. The van der Waals surface area contributed by atoms with Crippen LogP contribution in [0.15, 0.2) is 53.5 Å². The third kappa shape index (κ3) is 4.64. The molecule has 2 aromatic heterocycles. The predicted molar refractivity (Wildman–Crippen MR) is 120 cm³/mol. The van der Waals surface area contributed by atoms with E-state index in [9.17, 15) is 0 Å². The number of piperazine rings is 1. The number of nitrogens with zero attached hydrogens (tertiary/aromatic N) is 5. The summed E-state index contributed by atoms with van der Waals surface area (Å²) >= 11 is 1.76. The van der Waals surface area contributed by atoms with Crippen molar-refractivity contribution >= 4 is 17.3 Å². The summed E-state index contributed by atoms with van der Waals surface area (Å²) in [5.41, 5.74) is 4.05. The zero-order valence-electron chi connectivity index (χ0n) is 17.1. The van der Waals surface area contributed by atoms with E-state index in [4.69, 9.17) is 4.74 Å². The van der Waals surface area contributed by atoms with Crippen molar-refractivity contribution in [3.8, 4) is 5.75 Å². The molecule has 0 amide bonds. The summed E-state index contributed by atoms with van der Waals surface area (Å²) < 4.78 is 6.03. The average molecular weight is 422 g/mol. The first-order chi connectivity index (χ1) is 14.8. The SMILES string of the molecule is c1cnc(N2CCN(Cc3ccc4c(c3)CN(Cc3ccsc3)CCO4)CC2)nc1. The van der Waals surface area contributed by atoms with Gasteiger partial charge in [0, 0.05) is 70.3 Å². The van der Waals surface area contributed by atoms with Crippen molar-refractivity contribution in [3.05, 3.63) is 70.2 Å². The van der Waals surface area contributed by atoms with Gasteiger partial charge in [-0.1, -0.05) is 6.07 Å². The summed E-state index contributed by atoms with van der Waals surface area (Å²) in [4.78, 5) is 16.0. The van der Waals surface area contributed by atoms with Crippen LogP contribution in [0.1, 0.15) is 16.7 Å². The molecule has 1 aromatic carbocycles. The summed E-state index contributed by atoms with van der Waals surface area (Å²) in [5, 5.41) is 4.39. The molecule has 0 aliphatic carbocycles. The Morgan fingerprint density at radius 3 is 2.53 bits per heavy atom. The van der Waals surface area contributed by atoms with Gasteiger partial charge in [0.05, 0.1) is 0 Å². The lowest BCUT2D eigenvalue weighted by molar-refractivity contribution is 0.220. The Morgan fingerprint density at radius 1 is 0.900 bits per heavy atom. The maximum Gasteiger partial charge on any atom is 0.225 e. The molecule has 0 unspecified atom stereocenters. The fraction of sp³-hybridized carbons (Fsp3) is 0.391. The number of aromatic nitrogens is 2. The van der Waals surface area contributed by atoms with Crippen LogP contribution in [0.25, 0.3) is 0 Å². The highest BCUT2D eigenvalue weighted by Crippen LogP contribution is 2.26. The predicted octanol–water partition coefficient (Wildman–Crippen LogP) is 3.25. The molecule has 30 heavy (non-hydrogen) atoms. The molecule has 0 spiro atoms. The van der Waals surface area contributed by atoms with Gasteiger partial charge in [-0.25, -0.2) is 9.97 Å². The normalized spacial score (nSPS) is 17.9. The van der Waals surface area contributed by atoms with E-state index in [-0.39, 0.29) is 0 Å². The summed E-state index contributed by atoms with van der Waals surface area (Å²) in [7, 11) is 0. The van der Waals surface area contributed by atoms with Gasteiger partial charge in [-0.2, -0.15) is 11.3 Å². The number of anilines is 1. The van der Waals surface area contributed by atoms with Crippen LogP contribution < -0.4 is 9.64 Å². The van der Waals surface area contributed by atoms with Gasteiger partial charge in [-0.3, -0.25) is 9.80 Å². The van der Waals surface area contributed by atoms with E-state index in [0.29, 0.717) is 0 Å². The molecule has 156 valence electrons. The molecule has 1 saturated heterocycles. The maximum atomic E-state index is 6.03. The number of benzene rings is 1. The number of hydrogen-bond acceptors (Lipinski definition) is 7. The lowest BCUT2D eigenvalue weighted by Gasteiger charge is -2.34. The molecule has 5 rings (SSSR count). The molecule has 7 heteroatoms. The van der Waals surface area contributed by atoms with Crippen molar-refractivity contribution < 1.29 is 4.74 Å². The molecule has 6 nitrogen and oxygen atoms in total. The van der Waals surface area contributed by atoms with E-state index >= 15 is 0 Å². The Morgan fingerprint density at radius 2 is 1.73 bits per heavy atom. The molecule has 0 atom stereocenters. The molecular formula is C23H27N5OS. The van der Waals surface area contributed by atoms with Crippen molar-refractivity contribution in [2.45, 2.75) is 19.6 Å². The lowest BCUT2D eigenvalue weighted by atomic mass is 10.1. The third-order valence-electron chi connectivity index (χ3n) is 5.78. The van der Waals surface area contributed by atoms with Crippen LogP contribution in [0.2, 0.25) is 0 Å². The fourth-order valence-corrected chi connectivity index (χ4v) is 4.85. The minimum atomic E-state index is 0.750. The molecule has 4 heterocycles. The van der Waals surface area contributed by atoms with Crippen LogP contribution in [0.3, 0.4) is 0 Å². The molecule has 2 aliphatic rings. The summed E-state index contributed by atoms with van der Waals surface area (Å²) in [5.74, 6) is 1.88. The standard InChI is InChI=1S/C23H27N5OS/c1-5-24-23(25-6-1)28-9-7-26(8-10-28)15-19-2-3-22-21(14-19)17-27(11-12-29-22)16-20-4-13-30-18-20/h1-6,13-14,18H,7-12,15-17H2. The molecule has 0 N–H and O–H groups in total. The van der Waals surface area contributed by atoms with Crippen LogP contribution in [0.4, 0.5) is 5.95 Å². The molecule has 0 radical (unpaired) electrons. The van der Waals surface area contributed by atoms with Crippen LogP contribution in [-0.2, 0) is 19.6 Å². The number of rotatable bonds is 5. The Labute approximate surface area is 181 Å². The highest BCUT2D eigenvalue weighted by atomic mass is 32.1. The van der Waals surface area contributed by atoms with E-state index in [2.05, 4.69) is 59.7 Å². The van der Waals surface area contributed by atoms with Gasteiger partial charge in [-0.05, 0) is 46.2 Å². The third-order valence-corrected chi connectivity index (χ3v) is 6.52. The van der Waals surface area contributed by atoms with E-state index in [1.165, 1.54) is 16.7 Å². The Bertz CT molecular complexity index is 941. The molecule has 2 aliphatic heterocycles. The average Bonchev–Trinajstić information content (AvgIpc) is 3.21. The van der Waals surface area contributed by atoms with E-state index in [1.54, 1.807) is 11.3 Å². The number of fused-ring (bicyclic) bond motifs is 1. The van der Waals surface area contributed by atoms with E-state index in [0.717, 1.165) is 70.7 Å². The Hall–Kier alpha value is -2.48. The summed E-state index contributed by atoms with van der Waals surface area (Å²) in [6.45, 7) is 8.59. The first-order valence-electron chi connectivity index (χ1n) is 10.6. The first-order valence-corrected chi connectivity index (χ1v) is 11.5. The van der Waals surface area contributed by atoms with Crippen LogP contribution in [0, 0.1) is 0 Å². The number of hydrogen-bond donors (Lipinski definition) is 0. The molecule has 0 bridgehead atoms. The van der Waals surface area contributed by atoms with Crippen LogP contribution in [-0.4, -0.2) is 59.1 Å². The van der Waals surface area contributed by atoms with Gasteiger partial charge in [0.15, 0.2) is 0 Å². The number of thiophene rings is 1. The Kier molecular flexibility index (Phi) is 5.92. The van der Waals surface area contributed by atoms with Gasteiger partial charge >= 0.3 is 0 Å². The highest BCUT2D eigenvalue weighted by molar-refractivity contribution is 7.07. The van der Waals surface area contributed by atoms with Gasteiger partial charge in [-0.15, -0.1) is 0 Å². The second-order valence-corrected chi connectivity index (χ2v) is 8.72. The largest absolute Gasteiger partial charge is 0.492 e. The minimum Gasteiger partial charge on any atom is -0.492 e. The zero-order chi connectivity index (χ0) is 20.2. The van der Waals surface area contributed by atoms with Gasteiger partial charge < -0.3 is 9.64 Å². The Balaban J connectivity index is 1.21. The van der Waals surface area contributed by atoms with Gasteiger partial charge in [0.2, 0.25) is 5.95 Å². The topological polar surface area (TPSA) is 44.7 Å². The van der Waals surface area contributed by atoms with Gasteiger partial charge in [0.25, 0.3) is 0 Å². The number of ether oxygens (including phenoxy) is 1. The van der Waals surface area contributed by atoms with Gasteiger partial charge in [0.1, 0.15) is 12.4 Å². The highest BCUT2D eigenvalue weighted by Gasteiger charge is 2.20. The van der Waals surface area contributed by atoms with E-state index in [1.807, 2.05) is 18.5 Å². The van der Waals surface area contributed by atoms with Crippen molar-refractivity contribution in [2.75, 3.05) is 44.2 Å². The smallest absolute Gasteiger partial charge is 0.225 e. The second kappa shape index (κ2) is 9.12. The summed E-state index contributed by atoms with van der Waals surface area (Å²) in [6.07, 6.45) is 3.63. The van der Waals surface area contributed by atoms with Crippen molar-refractivity contribution in [3.63, 3.8) is 0 Å². The monoisotopic (exact) mass is 421 g/mol. The van der Waals surface area contributed by atoms with Crippen molar-refractivity contribution in [2.24, 2.45) is 0 Å². The summed E-state index contributed by atoms with van der Waals surface area (Å²) in [6, 6.07) is 10.8. The zero-order valence-corrected chi connectivity index (χ0v) is 17.9. The first kappa shape index (κ1) is 19.5. The van der Waals surface area contributed by atoms with E-state index < -0.39 is 0 Å². The molecule has 3 aromatic rings. The van der Waals surface area contributed by atoms with Crippen molar-refractivity contribution in [1.29, 1.82) is 0 Å². The lowest BCUT2D eigenvalue weighted by Crippen LogP contribution is -2.46. The quantitative estimate of drug-likeness (QED) is 0.630. The maximum absolute atomic E-state index is 6.03. The van der Waals surface area contributed by atoms with Crippen LogP contribution >= 0.6 is 11.3 Å². The minimum absolute atomic E-state index is 0.750. The fourth-order valence-electron chi connectivity index (χ4n) is 4.19. The van der Waals surface area contributed by atoms with Crippen molar-refractivity contribution in [1.82, 2.24) is 19.8 Å². The molecule has 1 fully saturated rings.